The maximum Gasteiger partial charge on any atom is 0.0868 e. The van der Waals surface area contributed by atoms with Gasteiger partial charge in [0.15, 0.2) is 0 Å². The Hall–Kier alpha value is -1.06. The lowest BCUT2D eigenvalue weighted by Crippen LogP contribution is -2.32. The Labute approximate surface area is 93.3 Å². The van der Waals surface area contributed by atoms with Gasteiger partial charge in [-0.05, 0) is 47.1 Å². The largest absolute Gasteiger partial charge is 0.288 e. The summed E-state index contributed by atoms with van der Waals surface area (Å²) in [6.07, 6.45) is 1.86. The first kappa shape index (κ1) is 13.9. The molecule has 0 aromatic heterocycles. The molecule has 0 rings (SSSR count). The second-order valence-corrected chi connectivity index (χ2v) is 4.82. The van der Waals surface area contributed by atoms with Gasteiger partial charge in [0.25, 0.3) is 0 Å². The van der Waals surface area contributed by atoms with Crippen molar-refractivity contribution in [2.75, 3.05) is 13.1 Å². The molecule has 0 saturated carbocycles. The number of rotatable bonds is 6. The second-order valence-electron chi connectivity index (χ2n) is 4.82. The summed E-state index contributed by atoms with van der Waals surface area (Å²) in [5, 5.41) is 17.5. The molecule has 3 nitrogen and oxygen atoms in total. The van der Waals surface area contributed by atoms with Gasteiger partial charge in [-0.25, -0.2) is 0 Å². The zero-order valence-corrected chi connectivity index (χ0v) is 10.2. The summed E-state index contributed by atoms with van der Waals surface area (Å²) >= 11 is 0. The van der Waals surface area contributed by atoms with Crippen LogP contribution >= 0.6 is 0 Å². The fourth-order valence-corrected chi connectivity index (χ4v) is 1.39. The van der Waals surface area contributed by atoms with Crippen molar-refractivity contribution in [3.63, 3.8) is 0 Å². The van der Waals surface area contributed by atoms with Gasteiger partial charge in [0.1, 0.15) is 0 Å². The highest BCUT2D eigenvalue weighted by Crippen LogP contribution is 2.20. The Morgan fingerprint density at radius 2 is 1.87 bits per heavy atom. The molecule has 0 aromatic rings. The first-order valence-electron chi connectivity index (χ1n) is 5.45. The summed E-state index contributed by atoms with van der Waals surface area (Å²) < 4.78 is 0. The lowest BCUT2D eigenvalue weighted by Gasteiger charge is -2.24. The van der Waals surface area contributed by atoms with Gasteiger partial charge in [0, 0.05) is 6.04 Å². The molecule has 0 fully saturated rings. The van der Waals surface area contributed by atoms with Crippen molar-refractivity contribution in [2.24, 2.45) is 5.41 Å². The van der Waals surface area contributed by atoms with Crippen molar-refractivity contribution in [3.8, 4) is 12.1 Å². The van der Waals surface area contributed by atoms with E-state index < -0.39 is 0 Å². The SMILES string of the molecule is CC(C)N(CC#N)CCCC(C)(C)C#N. The van der Waals surface area contributed by atoms with Crippen molar-refractivity contribution < 1.29 is 0 Å². The smallest absolute Gasteiger partial charge is 0.0868 e. The zero-order chi connectivity index (χ0) is 11.9. The standard InChI is InChI=1S/C12H21N3/c1-11(2)15(9-7-13)8-5-6-12(3,4)10-14/h11H,5-6,8-9H2,1-4H3. The van der Waals surface area contributed by atoms with Crippen molar-refractivity contribution >= 4 is 0 Å². The number of nitrogens with zero attached hydrogens (tertiary/aromatic N) is 3. The molecule has 0 atom stereocenters. The predicted octanol–water partition coefficient (Wildman–Crippen LogP) is 2.55. The zero-order valence-electron chi connectivity index (χ0n) is 10.2. The first-order valence-corrected chi connectivity index (χ1v) is 5.45. The second kappa shape index (κ2) is 6.43. The summed E-state index contributed by atoms with van der Waals surface area (Å²) in [5.41, 5.74) is -0.241. The molecule has 0 bridgehead atoms. The van der Waals surface area contributed by atoms with Gasteiger partial charge >= 0.3 is 0 Å². The van der Waals surface area contributed by atoms with E-state index in [0.29, 0.717) is 12.6 Å². The minimum atomic E-state index is -0.241. The summed E-state index contributed by atoms with van der Waals surface area (Å²) in [5.74, 6) is 0. The van der Waals surface area contributed by atoms with Crippen LogP contribution in [0.1, 0.15) is 40.5 Å². The molecule has 3 heteroatoms. The Balaban J connectivity index is 3.93. The van der Waals surface area contributed by atoms with Gasteiger partial charge in [-0.3, -0.25) is 4.90 Å². The van der Waals surface area contributed by atoms with Gasteiger partial charge in [-0.1, -0.05) is 0 Å². The quantitative estimate of drug-likeness (QED) is 0.629. The molecule has 0 heterocycles. The molecule has 0 spiro atoms. The summed E-state index contributed by atoms with van der Waals surface area (Å²) in [6, 6.07) is 4.86. The third kappa shape index (κ3) is 6.10. The van der Waals surface area contributed by atoms with Crippen LogP contribution in [0, 0.1) is 28.1 Å². The van der Waals surface area contributed by atoms with Crippen LogP contribution in [0.2, 0.25) is 0 Å². The monoisotopic (exact) mass is 207 g/mol. The Morgan fingerprint density at radius 3 is 2.27 bits per heavy atom. The normalized spacial score (nSPS) is 11.5. The van der Waals surface area contributed by atoms with Gasteiger partial charge in [-0.15, -0.1) is 0 Å². The Kier molecular flexibility index (Phi) is 5.97. The first-order chi connectivity index (χ1) is 6.93. The molecule has 0 unspecified atom stereocenters. The van der Waals surface area contributed by atoms with Gasteiger partial charge in [0.2, 0.25) is 0 Å². The maximum atomic E-state index is 8.86. The molecule has 0 N–H and O–H groups in total. The highest BCUT2D eigenvalue weighted by molar-refractivity contribution is 4.91. The van der Waals surface area contributed by atoms with Gasteiger partial charge < -0.3 is 0 Å². The number of nitriles is 2. The average Bonchev–Trinajstić information content (AvgIpc) is 2.16. The van der Waals surface area contributed by atoms with E-state index in [9.17, 15) is 0 Å². The topological polar surface area (TPSA) is 50.8 Å². The van der Waals surface area contributed by atoms with E-state index in [0.717, 1.165) is 19.4 Å². The third-order valence-corrected chi connectivity index (χ3v) is 2.55. The lowest BCUT2D eigenvalue weighted by molar-refractivity contribution is 0.234. The van der Waals surface area contributed by atoms with E-state index in [1.165, 1.54) is 0 Å². The van der Waals surface area contributed by atoms with Crippen molar-refractivity contribution in [2.45, 2.75) is 46.6 Å². The average molecular weight is 207 g/mol. The maximum absolute atomic E-state index is 8.86. The summed E-state index contributed by atoms with van der Waals surface area (Å²) in [6.45, 7) is 9.47. The molecule has 84 valence electrons. The molecular weight excluding hydrogens is 186 g/mol. The highest BCUT2D eigenvalue weighted by Gasteiger charge is 2.17. The third-order valence-electron chi connectivity index (χ3n) is 2.55. The van der Waals surface area contributed by atoms with E-state index in [1.807, 2.05) is 13.8 Å². The van der Waals surface area contributed by atoms with E-state index in [-0.39, 0.29) is 5.41 Å². The van der Waals surface area contributed by atoms with Crippen LogP contribution in [0.25, 0.3) is 0 Å². The van der Waals surface area contributed by atoms with Gasteiger partial charge in [0.05, 0.1) is 24.1 Å². The van der Waals surface area contributed by atoms with E-state index >= 15 is 0 Å². The lowest BCUT2D eigenvalue weighted by atomic mass is 9.90. The fraction of sp³-hybridized carbons (Fsp3) is 0.833. The minimum Gasteiger partial charge on any atom is -0.288 e. The summed E-state index contributed by atoms with van der Waals surface area (Å²) in [4.78, 5) is 2.13. The number of hydrogen-bond acceptors (Lipinski definition) is 3. The molecule has 0 aliphatic carbocycles. The van der Waals surface area contributed by atoms with Crippen LogP contribution in [0.4, 0.5) is 0 Å². The van der Waals surface area contributed by atoms with Gasteiger partial charge in [-0.2, -0.15) is 10.5 Å². The van der Waals surface area contributed by atoms with Crippen molar-refractivity contribution in [3.05, 3.63) is 0 Å². The van der Waals surface area contributed by atoms with Crippen molar-refractivity contribution in [1.82, 2.24) is 4.90 Å². The molecule has 15 heavy (non-hydrogen) atoms. The van der Waals surface area contributed by atoms with Crippen LogP contribution in [-0.4, -0.2) is 24.0 Å². The van der Waals surface area contributed by atoms with E-state index in [1.54, 1.807) is 0 Å². The minimum absolute atomic E-state index is 0.241. The van der Waals surface area contributed by atoms with Crippen molar-refractivity contribution in [1.29, 1.82) is 10.5 Å². The van der Waals surface area contributed by atoms with Crippen LogP contribution in [0.5, 0.6) is 0 Å². The summed E-state index contributed by atoms with van der Waals surface area (Å²) in [7, 11) is 0. The van der Waals surface area contributed by atoms with E-state index in [2.05, 4.69) is 30.9 Å². The van der Waals surface area contributed by atoms with E-state index in [4.69, 9.17) is 10.5 Å². The molecule has 0 aliphatic rings. The van der Waals surface area contributed by atoms with Crippen LogP contribution in [0.3, 0.4) is 0 Å². The highest BCUT2D eigenvalue weighted by atomic mass is 15.1. The molecular formula is C12H21N3. The molecule has 0 aromatic carbocycles. The Morgan fingerprint density at radius 1 is 1.27 bits per heavy atom. The fourth-order valence-electron chi connectivity index (χ4n) is 1.39. The number of hydrogen-bond donors (Lipinski definition) is 0. The van der Waals surface area contributed by atoms with Crippen LogP contribution < -0.4 is 0 Å². The predicted molar refractivity (Wildman–Crippen MR) is 61.0 cm³/mol. The molecule has 0 aliphatic heterocycles. The van der Waals surface area contributed by atoms with Crippen LogP contribution in [0.15, 0.2) is 0 Å². The molecule has 0 saturated heterocycles. The molecule has 0 radical (unpaired) electrons. The Bertz CT molecular complexity index is 255. The molecule has 0 amide bonds. The van der Waals surface area contributed by atoms with Crippen LogP contribution in [-0.2, 0) is 0 Å².